The van der Waals surface area contributed by atoms with Crippen LogP contribution < -0.4 is 0 Å². The molecular formula is C21H34O4. The number of hydrogen-bond acceptors (Lipinski definition) is 4. The lowest BCUT2D eigenvalue weighted by atomic mass is 9.64. The second-order valence-electron chi connectivity index (χ2n) is 8.33. The van der Waals surface area contributed by atoms with Crippen molar-refractivity contribution >= 4 is 11.9 Å². The van der Waals surface area contributed by atoms with Crippen LogP contribution in [0.4, 0.5) is 0 Å². The Labute approximate surface area is 152 Å². The van der Waals surface area contributed by atoms with Crippen molar-refractivity contribution in [3.8, 4) is 0 Å². The van der Waals surface area contributed by atoms with Gasteiger partial charge in [-0.15, -0.1) is 0 Å². The Hall–Kier alpha value is -1.32. The lowest BCUT2D eigenvalue weighted by Crippen LogP contribution is -2.45. The van der Waals surface area contributed by atoms with Crippen LogP contribution in [-0.4, -0.2) is 25.2 Å². The monoisotopic (exact) mass is 350 g/mol. The highest BCUT2D eigenvalue weighted by Crippen LogP contribution is 2.68. The second kappa shape index (κ2) is 7.51. The summed E-state index contributed by atoms with van der Waals surface area (Å²) in [5, 5.41) is 0. The van der Waals surface area contributed by atoms with E-state index in [1.54, 1.807) is 0 Å². The molecule has 4 nitrogen and oxygen atoms in total. The zero-order chi connectivity index (χ0) is 18.8. The molecule has 142 valence electrons. The van der Waals surface area contributed by atoms with Gasteiger partial charge in [0.05, 0.1) is 25.0 Å². The molecule has 0 amide bonds. The first-order valence-corrected chi connectivity index (χ1v) is 9.80. The first-order valence-electron chi connectivity index (χ1n) is 9.80. The molecule has 0 radical (unpaired) electrons. The van der Waals surface area contributed by atoms with Crippen molar-refractivity contribution in [3.63, 3.8) is 0 Å². The third-order valence-electron chi connectivity index (χ3n) is 6.36. The van der Waals surface area contributed by atoms with E-state index in [1.807, 2.05) is 13.8 Å². The van der Waals surface area contributed by atoms with Crippen molar-refractivity contribution in [3.05, 3.63) is 12.2 Å². The third-order valence-corrected chi connectivity index (χ3v) is 6.36. The summed E-state index contributed by atoms with van der Waals surface area (Å²) in [5.74, 6) is -0.853. The fraction of sp³-hybridized carbons (Fsp3) is 0.810. The Balaban J connectivity index is 2.47. The van der Waals surface area contributed by atoms with Gasteiger partial charge in [-0.3, -0.25) is 9.59 Å². The number of esters is 2. The van der Waals surface area contributed by atoms with E-state index < -0.39 is 11.8 Å². The Morgan fingerprint density at radius 3 is 1.52 bits per heavy atom. The van der Waals surface area contributed by atoms with Gasteiger partial charge in [0.15, 0.2) is 0 Å². The molecule has 0 aromatic rings. The van der Waals surface area contributed by atoms with Crippen LogP contribution in [-0.2, 0) is 19.1 Å². The molecule has 0 N–H and O–H groups in total. The number of ether oxygens (including phenoxy) is 2. The summed E-state index contributed by atoms with van der Waals surface area (Å²) in [4.78, 5) is 26.0. The van der Waals surface area contributed by atoms with Gasteiger partial charge in [0.2, 0.25) is 0 Å². The first-order chi connectivity index (χ1) is 11.8. The molecular weight excluding hydrogens is 316 g/mol. The smallest absolute Gasteiger partial charge is 0.310 e. The van der Waals surface area contributed by atoms with Gasteiger partial charge >= 0.3 is 11.9 Å². The standard InChI is InChI=1S/C21H34O4/c1-7-11-24-18(22)16-17(19(23)25-12-8-2)21(15(5)6)10-9-20(16,13-21)14(3)4/h9-10,14-17H,7-8,11-13H2,1-6H3. The van der Waals surface area contributed by atoms with Crippen molar-refractivity contribution in [1.82, 2.24) is 0 Å². The van der Waals surface area contributed by atoms with E-state index in [4.69, 9.17) is 9.47 Å². The Kier molecular flexibility index (Phi) is 6.01. The highest BCUT2D eigenvalue weighted by Gasteiger charge is 2.69. The van der Waals surface area contributed by atoms with Crippen LogP contribution in [0.25, 0.3) is 0 Å². The van der Waals surface area contributed by atoms with Gasteiger partial charge < -0.3 is 9.47 Å². The van der Waals surface area contributed by atoms with E-state index in [9.17, 15) is 9.59 Å². The zero-order valence-corrected chi connectivity index (χ0v) is 16.6. The quantitative estimate of drug-likeness (QED) is 0.481. The fourth-order valence-corrected chi connectivity index (χ4v) is 4.81. The Morgan fingerprint density at radius 1 is 0.880 bits per heavy atom. The molecule has 0 aliphatic heterocycles. The van der Waals surface area contributed by atoms with Crippen molar-refractivity contribution in [1.29, 1.82) is 0 Å². The summed E-state index contributed by atoms with van der Waals surface area (Å²) in [7, 11) is 0. The third kappa shape index (κ3) is 3.13. The molecule has 2 rings (SSSR count). The van der Waals surface area contributed by atoms with Crippen molar-refractivity contribution in [2.75, 3.05) is 13.2 Å². The van der Waals surface area contributed by atoms with E-state index in [0.717, 1.165) is 19.3 Å². The number of carbonyl (C=O) groups is 2. The summed E-state index contributed by atoms with van der Waals surface area (Å²) >= 11 is 0. The maximum absolute atomic E-state index is 13.0. The molecule has 0 saturated heterocycles. The average molecular weight is 350 g/mol. The van der Waals surface area contributed by atoms with Crippen molar-refractivity contribution in [2.24, 2.45) is 34.5 Å². The van der Waals surface area contributed by atoms with Gasteiger partial charge in [-0.25, -0.2) is 0 Å². The van der Waals surface area contributed by atoms with Crippen molar-refractivity contribution in [2.45, 2.75) is 60.8 Å². The van der Waals surface area contributed by atoms with Crippen molar-refractivity contribution < 1.29 is 19.1 Å². The fourth-order valence-electron chi connectivity index (χ4n) is 4.81. The number of fused-ring (bicyclic) bond motifs is 2. The van der Waals surface area contributed by atoms with Gasteiger partial charge in [-0.2, -0.15) is 0 Å². The molecule has 25 heavy (non-hydrogen) atoms. The van der Waals surface area contributed by atoms with Gasteiger partial charge in [-0.1, -0.05) is 53.7 Å². The molecule has 2 aliphatic carbocycles. The number of rotatable bonds is 8. The van der Waals surface area contributed by atoms with Gasteiger partial charge in [0.25, 0.3) is 0 Å². The van der Waals surface area contributed by atoms with Crippen LogP contribution in [0.5, 0.6) is 0 Å². The molecule has 2 bridgehead atoms. The molecule has 0 spiro atoms. The molecule has 0 aromatic heterocycles. The Bertz CT molecular complexity index is 490. The zero-order valence-electron chi connectivity index (χ0n) is 16.6. The maximum Gasteiger partial charge on any atom is 0.310 e. The van der Waals surface area contributed by atoms with Crippen LogP contribution in [0.15, 0.2) is 12.2 Å². The first kappa shape index (κ1) is 20.0. The van der Waals surface area contributed by atoms with Gasteiger partial charge in [0.1, 0.15) is 0 Å². The summed E-state index contributed by atoms with van der Waals surface area (Å²) in [6.07, 6.45) is 6.78. The summed E-state index contributed by atoms with van der Waals surface area (Å²) < 4.78 is 11.1. The average Bonchev–Trinajstić information content (AvgIpc) is 3.12. The SMILES string of the molecule is CCCOC(=O)C1C(C(=O)OCCC)C2(C(C)C)C=CC1(C(C)C)C2. The maximum atomic E-state index is 13.0. The van der Waals surface area contributed by atoms with E-state index in [2.05, 4.69) is 39.8 Å². The topological polar surface area (TPSA) is 52.6 Å². The van der Waals surface area contributed by atoms with E-state index in [0.29, 0.717) is 13.2 Å². The molecule has 4 heteroatoms. The minimum atomic E-state index is -0.448. The van der Waals surface area contributed by atoms with Crippen LogP contribution in [0, 0.1) is 34.5 Å². The number of carbonyl (C=O) groups excluding carboxylic acids is 2. The summed E-state index contributed by atoms with van der Waals surface area (Å²) in [6.45, 7) is 13.3. The van der Waals surface area contributed by atoms with Crippen LogP contribution in [0.2, 0.25) is 0 Å². The predicted molar refractivity (Wildman–Crippen MR) is 97.8 cm³/mol. The summed E-state index contributed by atoms with van der Waals surface area (Å²) in [5.41, 5.74) is -0.629. The molecule has 1 fully saturated rings. The van der Waals surface area contributed by atoms with Crippen LogP contribution in [0.3, 0.4) is 0 Å². The Morgan fingerprint density at radius 2 is 1.24 bits per heavy atom. The normalized spacial score (nSPS) is 33.3. The van der Waals surface area contributed by atoms with Crippen LogP contribution >= 0.6 is 0 Å². The number of hydrogen-bond donors (Lipinski definition) is 0. The highest BCUT2D eigenvalue weighted by molar-refractivity contribution is 5.86. The predicted octanol–water partition coefficient (Wildman–Crippen LogP) is 4.38. The molecule has 1 saturated carbocycles. The lowest BCUT2D eigenvalue weighted by Gasteiger charge is -2.39. The molecule has 0 aromatic carbocycles. The molecule has 4 atom stereocenters. The lowest BCUT2D eigenvalue weighted by molar-refractivity contribution is -0.166. The van der Waals surface area contributed by atoms with Crippen LogP contribution in [0.1, 0.15) is 60.8 Å². The number of allylic oxidation sites excluding steroid dienone is 2. The second-order valence-corrected chi connectivity index (χ2v) is 8.33. The minimum absolute atomic E-state index is 0.235. The molecule has 2 aliphatic rings. The highest BCUT2D eigenvalue weighted by atomic mass is 16.5. The van der Waals surface area contributed by atoms with Gasteiger partial charge in [-0.05, 0) is 31.1 Å². The largest absolute Gasteiger partial charge is 0.465 e. The molecule has 0 heterocycles. The van der Waals surface area contributed by atoms with E-state index >= 15 is 0 Å². The molecule has 4 unspecified atom stereocenters. The van der Waals surface area contributed by atoms with E-state index in [1.165, 1.54) is 0 Å². The van der Waals surface area contributed by atoms with Gasteiger partial charge in [0, 0.05) is 10.8 Å². The minimum Gasteiger partial charge on any atom is -0.465 e. The van der Waals surface area contributed by atoms with E-state index in [-0.39, 0.29) is 34.6 Å². The summed E-state index contributed by atoms with van der Waals surface area (Å²) in [6, 6.07) is 0.